The van der Waals surface area contributed by atoms with Gasteiger partial charge >= 0.3 is 0 Å². The first kappa shape index (κ1) is 10.4. The second-order valence-electron chi connectivity index (χ2n) is 4.58. The van der Waals surface area contributed by atoms with E-state index in [1.165, 1.54) is 5.69 Å². The van der Waals surface area contributed by atoms with Crippen LogP contribution in [0.2, 0.25) is 0 Å². The normalized spacial score (nSPS) is 31.7. The van der Waals surface area contributed by atoms with E-state index in [9.17, 15) is 0 Å². The fourth-order valence-corrected chi connectivity index (χ4v) is 2.27. The Labute approximate surface area is 91.3 Å². The number of piperidine rings is 1. The third kappa shape index (κ3) is 2.12. The van der Waals surface area contributed by atoms with Gasteiger partial charge in [0.2, 0.25) is 0 Å². The molecule has 1 aromatic heterocycles. The molecule has 3 unspecified atom stereocenters. The minimum Gasteiger partial charge on any atom is -0.368 e. The third-order valence-electron chi connectivity index (χ3n) is 3.36. The molecule has 0 radical (unpaired) electrons. The molecule has 1 saturated heterocycles. The Bertz CT molecular complexity index is 312. The van der Waals surface area contributed by atoms with E-state index < -0.39 is 0 Å². The summed E-state index contributed by atoms with van der Waals surface area (Å²) in [6.07, 6.45) is 4.77. The van der Waals surface area contributed by atoms with Crippen molar-refractivity contribution in [3.8, 4) is 0 Å². The maximum atomic E-state index is 6.07. The zero-order valence-corrected chi connectivity index (χ0v) is 9.43. The van der Waals surface area contributed by atoms with Crippen molar-refractivity contribution < 1.29 is 0 Å². The van der Waals surface area contributed by atoms with E-state index in [1.54, 1.807) is 0 Å². The van der Waals surface area contributed by atoms with Crippen molar-refractivity contribution in [3.63, 3.8) is 0 Å². The molecule has 0 aromatic carbocycles. The molecule has 2 heterocycles. The van der Waals surface area contributed by atoms with E-state index >= 15 is 0 Å². The Morgan fingerprint density at radius 3 is 2.67 bits per heavy atom. The molecule has 0 bridgehead atoms. The molecule has 0 saturated carbocycles. The Hall–Kier alpha value is -1.09. The molecule has 1 aromatic rings. The molecule has 15 heavy (non-hydrogen) atoms. The van der Waals surface area contributed by atoms with Crippen LogP contribution in [-0.2, 0) is 0 Å². The highest BCUT2D eigenvalue weighted by molar-refractivity contribution is 5.46. The molecule has 2 N–H and O–H groups in total. The van der Waals surface area contributed by atoms with Crippen molar-refractivity contribution in [2.75, 3.05) is 11.4 Å². The van der Waals surface area contributed by atoms with Crippen molar-refractivity contribution in [1.82, 2.24) is 4.98 Å². The molecule has 0 aliphatic carbocycles. The van der Waals surface area contributed by atoms with Crippen LogP contribution in [-0.4, -0.2) is 23.6 Å². The number of aromatic nitrogens is 1. The van der Waals surface area contributed by atoms with Gasteiger partial charge < -0.3 is 10.6 Å². The topological polar surface area (TPSA) is 42.2 Å². The van der Waals surface area contributed by atoms with Gasteiger partial charge in [-0.1, -0.05) is 6.92 Å². The number of hydrogen-bond acceptors (Lipinski definition) is 3. The minimum atomic E-state index is 0.345. The molecular formula is C12H19N3. The van der Waals surface area contributed by atoms with Crippen LogP contribution in [0.25, 0.3) is 0 Å². The second-order valence-corrected chi connectivity index (χ2v) is 4.58. The van der Waals surface area contributed by atoms with E-state index in [0.717, 1.165) is 13.0 Å². The van der Waals surface area contributed by atoms with Gasteiger partial charge in [-0.25, -0.2) is 0 Å². The number of rotatable bonds is 1. The summed E-state index contributed by atoms with van der Waals surface area (Å²) in [6.45, 7) is 5.52. The Kier molecular flexibility index (Phi) is 2.91. The zero-order valence-electron chi connectivity index (χ0n) is 9.43. The van der Waals surface area contributed by atoms with Crippen LogP contribution in [0.5, 0.6) is 0 Å². The fourth-order valence-electron chi connectivity index (χ4n) is 2.27. The molecule has 82 valence electrons. The number of nitrogens with zero attached hydrogens (tertiary/aromatic N) is 2. The molecule has 3 heteroatoms. The SMILES string of the molecule is CC1CN(c2ccncc2)C(C)CC1N. The molecule has 3 atom stereocenters. The van der Waals surface area contributed by atoms with Crippen LogP contribution < -0.4 is 10.6 Å². The molecular weight excluding hydrogens is 186 g/mol. The lowest BCUT2D eigenvalue weighted by Gasteiger charge is -2.41. The summed E-state index contributed by atoms with van der Waals surface area (Å²) in [5.41, 5.74) is 7.33. The van der Waals surface area contributed by atoms with Gasteiger partial charge in [-0.05, 0) is 31.4 Å². The molecule has 2 rings (SSSR count). The van der Waals surface area contributed by atoms with Crippen LogP contribution in [0, 0.1) is 5.92 Å². The Balaban J connectivity index is 2.16. The maximum absolute atomic E-state index is 6.07. The van der Waals surface area contributed by atoms with Crippen LogP contribution in [0.1, 0.15) is 20.3 Å². The van der Waals surface area contributed by atoms with E-state index in [-0.39, 0.29) is 0 Å². The highest BCUT2D eigenvalue weighted by Gasteiger charge is 2.28. The summed E-state index contributed by atoms with van der Waals surface area (Å²) in [5, 5.41) is 0. The standard InChI is InChI=1S/C12H19N3/c1-9-8-15(10(2)7-12(9)13)11-3-5-14-6-4-11/h3-6,9-10,12H,7-8,13H2,1-2H3. The van der Waals surface area contributed by atoms with Crippen LogP contribution in [0.3, 0.4) is 0 Å². The summed E-state index contributed by atoms with van der Waals surface area (Å²) in [5.74, 6) is 0.564. The first-order valence-corrected chi connectivity index (χ1v) is 5.60. The lowest BCUT2D eigenvalue weighted by molar-refractivity contribution is 0.337. The Morgan fingerprint density at radius 1 is 1.33 bits per heavy atom. The lowest BCUT2D eigenvalue weighted by atomic mass is 9.90. The van der Waals surface area contributed by atoms with Gasteiger partial charge in [0.15, 0.2) is 0 Å². The average molecular weight is 205 g/mol. The van der Waals surface area contributed by atoms with Crippen molar-refractivity contribution in [2.24, 2.45) is 11.7 Å². The lowest BCUT2D eigenvalue weighted by Crippen LogP contribution is -2.50. The van der Waals surface area contributed by atoms with Gasteiger partial charge in [-0.2, -0.15) is 0 Å². The fraction of sp³-hybridized carbons (Fsp3) is 0.583. The summed E-state index contributed by atoms with van der Waals surface area (Å²) >= 11 is 0. The van der Waals surface area contributed by atoms with Crippen LogP contribution in [0.4, 0.5) is 5.69 Å². The largest absolute Gasteiger partial charge is 0.368 e. The average Bonchev–Trinajstić information content (AvgIpc) is 2.25. The van der Waals surface area contributed by atoms with E-state index in [0.29, 0.717) is 18.0 Å². The third-order valence-corrected chi connectivity index (χ3v) is 3.36. The van der Waals surface area contributed by atoms with Crippen molar-refractivity contribution in [3.05, 3.63) is 24.5 Å². The number of pyridine rings is 1. The predicted octanol–water partition coefficient (Wildman–Crippen LogP) is 1.64. The van der Waals surface area contributed by atoms with E-state index in [2.05, 4.69) is 35.9 Å². The van der Waals surface area contributed by atoms with Crippen molar-refractivity contribution in [1.29, 1.82) is 0 Å². The first-order valence-electron chi connectivity index (χ1n) is 5.60. The van der Waals surface area contributed by atoms with Gasteiger partial charge in [-0.3, -0.25) is 4.98 Å². The zero-order chi connectivity index (χ0) is 10.8. The number of hydrogen-bond donors (Lipinski definition) is 1. The monoisotopic (exact) mass is 205 g/mol. The summed E-state index contributed by atoms with van der Waals surface area (Å²) in [4.78, 5) is 6.47. The second kappa shape index (κ2) is 4.19. The number of nitrogens with two attached hydrogens (primary N) is 1. The molecule has 0 amide bonds. The predicted molar refractivity (Wildman–Crippen MR) is 62.8 cm³/mol. The molecule has 1 fully saturated rings. The molecule has 1 aliphatic heterocycles. The quantitative estimate of drug-likeness (QED) is 0.758. The van der Waals surface area contributed by atoms with E-state index in [1.807, 2.05) is 12.4 Å². The van der Waals surface area contributed by atoms with Crippen LogP contribution >= 0.6 is 0 Å². The van der Waals surface area contributed by atoms with Crippen molar-refractivity contribution >= 4 is 5.69 Å². The Morgan fingerprint density at radius 2 is 2.00 bits per heavy atom. The highest BCUT2D eigenvalue weighted by Crippen LogP contribution is 2.26. The van der Waals surface area contributed by atoms with Gasteiger partial charge in [0, 0.05) is 36.7 Å². The van der Waals surface area contributed by atoms with Gasteiger partial charge in [-0.15, -0.1) is 0 Å². The van der Waals surface area contributed by atoms with Crippen molar-refractivity contribution in [2.45, 2.75) is 32.4 Å². The summed E-state index contributed by atoms with van der Waals surface area (Å²) < 4.78 is 0. The maximum Gasteiger partial charge on any atom is 0.0399 e. The van der Waals surface area contributed by atoms with E-state index in [4.69, 9.17) is 5.73 Å². The first-order chi connectivity index (χ1) is 7.18. The van der Waals surface area contributed by atoms with Gasteiger partial charge in [0.25, 0.3) is 0 Å². The van der Waals surface area contributed by atoms with Gasteiger partial charge in [0.05, 0.1) is 0 Å². The molecule has 0 spiro atoms. The minimum absolute atomic E-state index is 0.345. The molecule has 1 aliphatic rings. The summed E-state index contributed by atoms with van der Waals surface area (Å²) in [7, 11) is 0. The highest BCUT2D eigenvalue weighted by atomic mass is 15.2. The van der Waals surface area contributed by atoms with Crippen LogP contribution in [0.15, 0.2) is 24.5 Å². The van der Waals surface area contributed by atoms with Gasteiger partial charge in [0.1, 0.15) is 0 Å². The molecule has 3 nitrogen and oxygen atoms in total. The smallest absolute Gasteiger partial charge is 0.0399 e. The summed E-state index contributed by atoms with van der Waals surface area (Å²) in [6, 6.07) is 5.01. The number of anilines is 1.